The van der Waals surface area contributed by atoms with Crippen LogP contribution in [0.5, 0.6) is 11.5 Å². The lowest BCUT2D eigenvalue weighted by Crippen LogP contribution is -2.13. The summed E-state index contributed by atoms with van der Waals surface area (Å²) in [6.45, 7) is 0.472. The van der Waals surface area contributed by atoms with Crippen molar-refractivity contribution in [1.29, 1.82) is 0 Å². The van der Waals surface area contributed by atoms with Gasteiger partial charge in [-0.15, -0.1) is 0 Å². The number of nitrogens with one attached hydrogen (secondary N) is 1. The van der Waals surface area contributed by atoms with E-state index in [1.54, 1.807) is 30.3 Å². The SMILES string of the molecule is O=C1Nc2cc(S(=O)(=O)CC3CO3)ccc2Oc2ccccc21. The first-order chi connectivity index (χ1) is 11.0. The van der Waals surface area contributed by atoms with E-state index in [-0.39, 0.29) is 22.7 Å². The highest BCUT2D eigenvalue weighted by molar-refractivity contribution is 7.91. The molecule has 0 saturated carbocycles. The Bertz CT molecular complexity index is 902. The van der Waals surface area contributed by atoms with Crippen LogP contribution in [0.15, 0.2) is 47.4 Å². The van der Waals surface area contributed by atoms with Crippen LogP contribution in [0.25, 0.3) is 0 Å². The topological polar surface area (TPSA) is 85.0 Å². The van der Waals surface area contributed by atoms with Gasteiger partial charge in [0.05, 0.1) is 34.6 Å². The largest absolute Gasteiger partial charge is 0.454 e. The maximum Gasteiger partial charge on any atom is 0.259 e. The van der Waals surface area contributed by atoms with Gasteiger partial charge >= 0.3 is 0 Å². The second-order valence-corrected chi connectivity index (χ2v) is 7.48. The van der Waals surface area contributed by atoms with Crippen LogP contribution >= 0.6 is 0 Å². The summed E-state index contributed by atoms with van der Waals surface area (Å²) in [6.07, 6.45) is -0.228. The number of para-hydroxylation sites is 1. The quantitative estimate of drug-likeness (QED) is 0.872. The molecule has 1 fully saturated rings. The molecule has 2 heterocycles. The van der Waals surface area contributed by atoms with E-state index < -0.39 is 9.84 Å². The van der Waals surface area contributed by atoms with Gasteiger partial charge in [-0.05, 0) is 30.3 Å². The van der Waals surface area contributed by atoms with E-state index in [9.17, 15) is 13.2 Å². The minimum absolute atomic E-state index is 0.0547. The number of ether oxygens (including phenoxy) is 2. The van der Waals surface area contributed by atoms with Gasteiger partial charge in [0.15, 0.2) is 15.6 Å². The Morgan fingerprint density at radius 2 is 1.91 bits per heavy atom. The lowest BCUT2D eigenvalue weighted by Gasteiger charge is -2.10. The second kappa shape index (κ2) is 5.07. The van der Waals surface area contributed by atoms with E-state index in [4.69, 9.17) is 9.47 Å². The minimum atomic E-state index is -3.46. The van der Waals surface area contributed by atoms with Crippen molar-refractivity contribution in [3.8, 4) is 11.5 Å². The third kappa shape index (κ3) is 2.69. The summed E-state index contributed by atoms with van der Waals surface area (Å²) in [4.78, 5) is 12.4. The van der Waals surface area contributed by atoms with Crippen molar-refractivity contribution in [2.75, 3.05) is 17.7 Å². The molecule has 4 rings (SSSR count). The number of epoxide rings is 1. The van der Waals surface area contributed by atoms with Crippen LogP contribution in [0.2, 0.25) is 0 Å². The number of hydrogen-bond acceptors (Lipinski definition) is 5. The molecule has 2 aromatic rings. The molecule has 0 aromatic heterocycles. The molecule has 2 aliphatic rings. The molecule has 2 aliphatic heterocycles. The highest BCUT2D eigenvalue weighted by atomic mass is 32.2. The molecule has 1 atom stereocenters. The number of fused-ring (bicyclic) bond motifs is 2. The number of anilines is 1. The predicted molar refractivity (Wildman–Crippen MR) is 82.7 cm³/mol. The van der Waals surface area contributed by atoms with Gasteiger partial charge in [-0.25, -0.2) is 8.42 Å². The van der Waals surface area contributed by atoms with Crippen LogP contribution in [-0.2, 0) is 14.6 Å². The van der Waals surface area contributed by atoms with Gasteiger partial charge < -0.3 is 14.8 Å². The fraction of sp³-hybridized carbons (Fsp3) is 0.188. The van der Waals surface area contributed by atoms with Crippen LogP contribution in [-0.4, -0.2) is 32.8 Å². The molecule has 23 heavy (non-hydrogen) atoms. The van der Waals surface area contributed by atoms with Crippen molar-refractivity contribution < 1.29 is 22.7 Å². The summed E-state index contributed by atoms with van der Waals surface area (Å²) in [6, 6.07) is 11.3. The maximum absolute atomic E-state index is 12.3. The molecule has 2 aromatic carbocycles. The molecule has 1 unspecified atom stereocenters. The number of carbonyl (C=O) groups is 1. The molecule has 1 N–H and O–H groups in total. The normalized spacial score (nSPS) is 19.0. The van der Waals surface area contributed by atoms with Gasteiger partial charge in [0.25, 0.3) is 5.91 Å². The van der Waals surface area contributed by atoms with Crippen molar-refractivity contribution in [2.24, 2.45) is 0 Å². The van der Waals surface area contributed by atoms with E-state index in [1.807, 2.05) is 0 Å². The summed E-state index contributed by atoms with van der Waals surface area (Å²) in [5.41, 5.74) is 0.739. The summed E-state index contributed by atoms with van der Waals surface area (Å²) < 4.78 is 35.4. The highest BCUT2D eigenvalue weighted by Gasteiger charge is 2.31. The van der Waals surface area contributed by atoms with E-state index in [2.05, 4.69) is 5.32 Å². The Morgan fingerprint density at radius 1 is 1.13 bits per heavy atom. The van der Waals surface area contributed by atoms with Crippen molar-refractivity contribution in [3.63, 3.8) is 0 Å². The van der Waals surface area contributed by atoms with Gasteiger partial charge in [0, 0.05) is 0 Å². The standard InChI is InChI=1S/C16H13NO5S/c18-16-12-3-1-2-4-14(12)22-15-6-5-11(7-13(15)17-16)23(19,20)9-10-8-21-10/h1-7,10H,8-9H2,(H,17,18). The Balaban J connectivity index is 1.73. The first kappa shape index (κ1) is 14.2. The smallest absolute Gasteiger partial charge is 0.259 e. The van der Waals surface area contributed by atoms with Gasteiger partial charge in [-0.2, -0.15) is 0 Å². The third-order valence-electron chi connectivity index (χ3n) is 3.72. The molecule has 6 nitrogen and oxygen atoms in total. The number of carbonyl (C=O) groups excluding carboxylic acids is 1. The highest BCUT2D eigenvalue weighted by Crippen LogP contribution is 2.37. The van der Waals surface area contributed by atoms with Crippen LogP contribution in [0.1, 0.15) is 10.4 Å². The molecule has 0 radical (unpaired) electrons. The number of hydrogen-bond donors (Lipinski definition) is 1. The van der Waals surface area contributed by atoms with Crippen molar-refractivity contribution in [2.45, 2.75) is 11.0 Å². The van der Waals surface area contributed by atoms with E-state index in [1.165, 1.54) is 12.1 Å². The summed E-state index contributed by atoms with van der Waals surface area (Å²) in [5, 5.41) is 2.70. The Labute approximate surface area is 133 Å². The summed E-state index contributed by atoms with van der Waals surface area (Å²) >= 11 is 0. The van der Waals surface area contributed by atoms with Gasteiger partial charge in [0.2, 0.25) is 0 Å². The van der Waals surface area contributed by atoms with Crippen molar-refractivity contribution in [3.05, 3.63) is 48.0 Å². The van der Waals surface area contributed by atoms with Gasteiger partial charge in [-0.1, -0.05) is 12.1 Å². The third-order valence-corrected chi connectivity index (χ3v) is 5.50. The molecule has 7 heteroatoms. The molecule has 0 spiro atoms. The van der Waals surface area contributed by atoms with E-state index in [0.717, 1.165) is 0 Å². The minimum Gasteiger partial charge on any atom is -0.454 e. The molecule has 118 valence electrons. The monoisotopic (exact) mass is 331 g/mol. The molecular weight excluding hydrogens is 318 g/mol. The zero-order valence-corrected chi connectivity index (χ0v) is 12.8. The Morgan fingerprint density at radius 3 is 2.70 bits per heavy atom. The van der Waals surface area contributed by atoms with E-state index >= 15 is 0 Å². The average molecular weight is 331 g/mol. The lowest BCUT2D eigenvalue weighted by atomic mass is 10.2. The van der Waals surface area contributed by atoms with Gasteiger partial charge in [0.1, 0.15) is 5.75 Å². The fourth-order valence-electron chi connectivity index (χ4n) is 2.45. The zero-order valence-electron chi connectivity index (χ0n) is 12.0. The molecule has 1 amide bonds. The molecule has 0 bridgehead atoms. The first-order valence-electron chi connectivity index (χ1n) is 7.09. The first-order valence-corrected chi connectivity index (χ1v) is 8.75. The molecule has 1 saturated heterocycles. The van der Waals surface area contributed by atoms with Crippen molar-refractivity contribution >= 4 is 21.4 Å². The van der Waals surface area contributed by atoms with E-state index in [0.29, 0.717) is 29.4 Å². The number of sulfone groups is 1. The number of benzene rings is 2. The lowest BCUT2D eigenvalue weighted by molar-refractivity contribution is 0.102. The van der Waals surface area contributed by atoms with Crippen molar-refractivity contribution in [1.82, 2.24) is 0 Å². The van der Waals surface area contributed by atoms with Crippen LogP contribution in [0.3, 0.4) is 0 Å². The zero-order chi connectivity index (χ0) is 16.0. The van der Waals surface area contributed by atoms with Gasteiger partial charge in [-0.3, -0.25) is 4.79 Å². The Kier molecular flexibility index (Phi) is 3.14. The summed E-state index contributed by atoms with van der Waals surface area (Å²) in [5.74, 6) is 0.455. The average Bonchev–Trinajstić information content (AvgIpc) is 3.33. The second-order valence-electron chi connectivity index (χ2n) is 5.45. The van der Waals surface area contributed by atoms with Crippen LogP contribution in [0, 0.1) is 0 Å². The fourth-order valence-corrected chi connectivity index (χ4v) is 3.89. The predicted octanol–water partition coefficient (Wildman–Crippen LogP) is 2.22. The summed E-state index contributed by atoms with van der Waals surface area (Å²) in [7, 11) is -3.46. The maximum atomic E-state index is 12.3. The number of rotatable bonds is 3. The molecular formula is C16H13NO5S. The van der Waals surface area contributed by atoms with Crippen LogP contribution in [0.4, 0.5) is 5.69 Å². The van der Waals surface area contributed by atoms with Crippen LogP contribution < -0.4 is 10.1 Å². The number of amides is 1. The Hall–Kier alpha value is -2.38. The molecule has 0 aliphatic carbocycles.